The van der Waals surface area contributed by atoms with Crippen molar-refractivity contribution in [1.82, 2.24) is 10.2 Å². The monoisotopic (exact) mass is 305 g/mol. The summed E-state index contributed by atoms with van der Waals surface area (Å²) in [6.07, 6.45) is -0.0695. The van der Waals surface area contributed by atoms with Gasteiger partial charge in [-0.15, -0.1) is 0 Å². The molecule has 124 valence electrons. The Balaban J connectivity index is 3.05. The molecular weight excluding hydrogens is 274 g/mol. The SMILES string of the molecule is CC(C)N=C(NC(C)C)OC(c1ccccc1)C(C)N(C)C. The summed E-state index contributed by atoms with van der Waals surface area (Å²) in [4.78, 5) is 6.76. The first kappa shape index (κ1) is 18.5. The summed E-state index contributed by atoms with van der Waals surface area (Å²) in [5.74, 6) is 0. The first-order chi connectivity index (χ1) is 10.3. The topological polar surface area (TPSA) is 36.9 Å². The van der Waals surface area contributed by atoms with Crippen LogP contribution in [0.15, 0.2) is 35.3 Å². The fourth-order valence-corrected chi connectivity index (χ4v) is 2.06. The second-order valence-corrected chi connectivity index (χ2v) is 6.48. The molecule has 0 amide bonds. The summed E-state index contributed by atoms with van der Waals surface area (Å²) in [5, 5.41) is 3.31. The van der Waals surface area contributed by atoms with Gasteiger partial charge in [0.2, 0.25) is 0 Å². The lowest BCUT2D eigenvalue weighted by molar-refractivity contribution is 0.0901. The third-order valence-corrected chi connectivity index (χ3v) is 3.41. The molecule has 0 saturated heterocycles. The van der Waals surface area contributed by atoms with E-state index in [-0.39, 0.29) is 24.2 Å². The van der Waals surface area contributed by atoms with Gasteiger partial charge in [-0.2, -0.15) is 0 Å². The number of rotatable bonds is 6. The molecule has 0 bridgehead atoms. The van der Waals surface area contributed by atoms with Gasteiger partial charge in [0.25, 0.3) is 6.02 Å². The van der Waals surface area contributed by atoms with Crippen LogP contribution in [0, 0.1) is 0 Å². The minimum Gasteiger partial charge on any atom is -0.455 e. The molecule has 0 spiro atoms. The quantitative estimate of drug-likeness (QED) is 0.646. The van der Waals surface area contributed by atoms with Crippen LogP contribution in [0.3, 0.4) is 0 Å². The van der Waals surface area contributed by atoms with E-state index >= 15 is 0 Å². The van der Waals surface area contributed by atoms with E-state index in [0.29, 0.717) is 6.02 Å². The minimum absolute atomic E-state index is 0.0695. The van der Waals surface area contributed by atoms with Crippen molar-refractivity contribution in [3.05, 3.63) is 35.9 Å². The molecule has 2 atom stereocenters. The third kappa shape index (κ3) is 6.06. The molecule has 0 heterocycles. The molecule has 0 radical (unpaired) electrons. The number of amidine groups is 1. The zero-order valence-corrected chi connectivity index (χ0v) is 15.0. The van der Waals surface area contributed by atoms with Crippen LogP contribution in [0.1, 0.15) is 46.3 Å². The van der Waals surface area contributed by atoms with Crippen LogP contribution in [0.5, 0.6) is 0 Å². The van der Waals surface area contributed by atoms with Gasteiger partial charge in [0, 0.05) is 18.1 Å². The Morgan fingerprint density at radius 1 is 1.05 bits per heavy atom. The lowest BCUT2D eigenvalue weighted by Crippen LogP contribution is -2.39. The second kappa shape index (κ2) is 8.79. The van der Waals surface area contributed by atoms with Crippen LogP contribution < -0.4 is 5.32 Å². The lowest BCUT2D eigenvalue weighted by atomic mass is 10.0. The van der Waals surface area contributed by atoms with E-state index in [0.717, 1.165) is 5.56 Å². The van der Waals surface area contributed by atoms with Gasteiger partial charge < -0.3 is 15.0 Å². The van der Waals surface area contributed by atoms with Gasteiger partial charge in [0.05, 0.1) is 0 Å². The molecule has 0 fully saturated rings. The molecule has 4 heteroatoms. The minimum atomic E-state index is -0.0695. The Morgan fingerprint density at radius 2 is 1.64 bits per heavy atom. The fourth-order valence-electron chi connectivity index (χ4n) is 2.06. The van der Waals surface area contributed by atoms with Crippen molar-refractivity contribution in [2.45, 2.75) is 58.8 Å². The Bertz CT molecular complexity index is 455. The van der Waals surface area contributed by atoms with Crippen LogP contribution in [0.2, 0.25) is 0 Å². The molecule has 0 aliphatic heterocycles. The summed E-state index contributed by atoms with van der Waals surface area (Å²) in [6.45, 7) is 10.5. The molecule has 0 aliphatic carbocycles. The van der Waals surface area contributed by atoms with E-state index in [1.165, 1.54) is 0 Å². The van der Waals surface area contributed by atoms with Crippen molar-refractivity contribution in [2.24, 2.45) is 4.99 Å². The van der Waals surface area contributed by atoms with Crippen LogP contribution in [-0.2, 0) is 4.74 Å². The van der Waals surface area contributed by atoms with Gasteiger partial charge in [-0.25, -0.2) is 4.99 Å². The zero-order valence-electron chi connectivity index (χ0n) is 15.0. The predicted octanol–water partition coefficient (Wildman–Crippen LogP) is 3.46. The zero-order chi connectivity index (χ0) is 16.7. The first-order valence-corrected chi connectivity index (χ1v) is 8.03. The van der Waals surface area contributed by atoms with Crippen LogP contribution in [-0.4, -0.2) is 43.1 Å². The second-order valence-electron chi connectivity index (χ2n) is 6.48. The van der Waals surface area contributed by atoms with E-state index < -0.39 is 0 Å². The molecule has 22 heavy (non-hydrogen) atoms. The molecule has 1 N–H and O–H groups in total. The fraction of sp³-hybridized carbons (Fsp3) is 0.611. The average Bonchev–Trinajstić information content (AvgIpc) is 2.43. The molecule has 0 saturated carbocycles. The number of ether oxygens (including phenoxy) is 1. The smallest absolute Gasteiger partial charge is 0.285 e. The van der Waals surface area contributed by atoms with Crippen molar-refractivity contribution >= 4 is 6.02 Å². The summed E-state index contributed by atoms with van der Waals surface area (Å²) in [7, 11) is 4.14. The first-order valence-electron chi connectivity index (χ1n) is 8.03. The average molecular weight is 305 g/mol. The highest BCUT2D eigenvalue weighted by Gasteiger charge is 2.24. The van der Waals surface area contributed by atoms with Crippen molar-refractivity contribution < 1.29 is 4.74 Å². The van der Waals surface area contributed by atoms with E-state index in [2.05, 4.69) is 76.1 Å². The van der Waals surface area contributed by atoms with Gasteiger partial charge >= 0.3 is 0 Å². The number of hydrogen-bond donors (Lipinski definition) is 1. The van der Waals surface area contributed by atoms with Crippen molar-refractivity contribution in [2.75, 3.05) is 14.1 Å². The van der Waals surface area contributed by atoms with E-state index in [1.54, 1.807) is 0 Å². The van der Waals surface area contributed by atoms with Crippen molar-refractivity contribution in [3.63, 3.8) is 0 Å². The highest BCUT2D eigenvalue weighted by atomic mass is 16.5. The van der Waals surface area contributed by atoms with Crippen LogP contribution in [0.25, 0.3) is 0 Å². The number of nitrogens with one attached hydrogen (secondary N) is 1. The molecule has 0 aliphatic rings. The van der Waals surface area contributed by atoms with Crippen molar-refractivity contribution in [1.29, 1.82) is 0 Å². The maximum absolute atomic E-state index is 6.28. The Labute approximate surface area is 135 Å². The van der Waals surface area contributed by atoms with Crippen LogP contribution in [0.4, 0.5) is 0 Å². The third-order valence-electron chi connectivity index (χ3n) is 3.41. The summed E-state index contributed by atoms with van der Waals surface area (Å²) < 4.78 is 6.28. The number of aliphatic imine (C=N–C) groups is 1. The van der Waals surface area contributed by atoms with Gasteiger partial charge in [-0.05, 0) is 54.3 Å². The number of likely N-dealkylation sites (N-methyl/N-ethyl adjacent to an activating group) is 1. The molecule has 1 aromatic carbocycles. The highest BCUT2D eigenvalue weighted by molar-refractivity contribution is 5.74. The van der Waals surface area contributed by atoms with E-state index in [9.17, 15) is 0 Å². The molecule has 1 rings (SSSR count). The molecule has 0 aromatic heterocycles. The molecule has 2 unspecified atom stereocenters. The van der Waals surface area contributed by atoms with Gasteiger partial charge in [-0.3, -0.25) is 0 Å². The Hall–Kier alpha value is -1.55. The maximum atomic E-state index is 6.28. The molecular formula is C18H31N3O. The highest BCUT2D eigenvalue weighted by Crippen LogP contribution is 2.24. The maximum Gasteiger partial charge on any atom is 0.285 e. The predicted molar refractivity (Wildman–Crippen MR) is 94.3 cm³/mol. The van der Waals surface area contributed by atoms with Gasteiger partial charge in [0.15, 0.2) is 0 Å². The molecule has 1 aromatic rings. The number of nitrogens with zero attached hydrogens (tertiary/aromatic N) is 2. The lowest BCUT2D eigenvalue weighted by Gasteiger charge is -2.31. The van der Waals surface area contributed by atoms with Gasteiger partial charge in [0.1, 0.15) is 6.10 Å². The molecule has 4 nitrogen and oxygen atoms in total. The number of benzene rings is 1. The number of hydrogen-bond acceptors (Lipinski definition) is 3. The normalized spacial score (nSPS) is 15.3. The van der Waals surface area contributed by atoms with E-state index in [4.69, 9.17) is 4.74 Å². The largest absolute Gasteiger partial charge is 0.455 e. The van der Waals surface area contributed by atoms with E-state index in [1.807, 2.05) is 18.2 Å². The Morgan fingerprint density at radius 3 is 2.09 bits per heavy atom. The van der Waals surface area contributed by atoms with Crippen LogP contribution >= 0.6 is 0 Å². The summed E-state index contributed by atoms with van der Waals surface area (Å²) >= 11 is 0. The Kier molecular flexibility index (Phi) is 7.39. The summed E-state index contributed by atoms with van der Waals surface area (Å²) in [6, 6.07) is 11.6. The van der Waals surface area contributed by atoms with Gasteiger partial charge in [-0.1, -0.05) is 30.3 Å². The van der Waals surface area contributed by atoms with Crippen molar-refractivity contribution in [3.8, 4) is 0 Å². The summed E-state index contributed by atoms with van der Waals surface area (Å²) in [5.41, 5.74) is 1.16. The standard InChI is InChI=1S/C18H31N3O/c1-13(2)19-18(20-14(3)4)22-17(15(5)21(6)7)16-11-9-8-10-12-16/h8-15,17H,1-7H3,(H,19,20).